The summed E-state index contributed by atoms with van der Waals surface area (Å²) in [7, 11) is 1.93. The maximum Gasteiger partial charge on any atom is 0.282 e. The summed E-state index contributed by atoms with van der Waals surface area (Å²) >= 11 is 1.12. The Bertz CT molecular complexity index is 123. The third-order valence-electron chi connectivity index (χ3n) is 2.46. The van der Waals surface area contributed by atoms with E-state index in [1.54, 1.807) is 0 Å². The van der Waals surface area contributed by atoms with Crippen molar-refractivity contribution in [2.24, 2.45) is 0 Å². The van der Waals surface area contributed by atoms with Gasteiger partial charge >= 0.3 is 0 Å². The molecule has 0 atom stereocenters. The first-order valence-corrected chi connectivity index (χ1v) is 4.66. The van der Waals surface area contributed by atoms with Crippen LogP contribution in [-0.4, -0.2) is 22.5 Å². The van der Waals surface area contributed by atoms with Gasteiger partial charge in [0.15, 0.2) is 0 Å². The lowest BCUT2D eigenvalue weighted by atomic mass is 9.96. The van der Waals surface area contributed by atoms with E-state index < -0.39 is 0 Å². The Morgan fingerprint density at radius 2 is 1.91 bits per heavy atom. The Balaban J connectivity index is 4.10. The quantitative estimate of drug-likeness (QED) is 0.596. The van der Waals surface area contributed by atoms with Crippen LogP contribution in [0.2, 0.25) is 0 Å². The van der Waals surface area contributed by atoms with Crippen LogP contribution < -0.4 is 0 Å². The predicted molar refractivity (Wildman–Crippen MR) is 50.0 cm³/mol. The first kappa shape index (κ1) is 11.0. The summed E-state index contributed by atoms with van der Waals surface area (Å²) in [6.07, 6.45) is 2.10. The summed E-state index contributed by atoms with van der Waals surface area (Å²) < 4.78 is 1.97. The van der Waals surface area contributed by atoms with E-state index in [0.29, 0.717) is 0 Å². The zero-order valence-electron chi connectivity index (χ0n) is 7.68. The molecule has 0 spiro atoms. The maximum atomic E-state index is 10.1. The second-order valence-corrected chi connectivity index (χ2v) is 3.77. The van der Waals surface area contributed by atoms with Gasteiger partial charge in [-0.2, -0.15) is 0 Å². The lowest BCUT2D eigenvalue weighted by molar-refractivity contribution is 0.244. The molecule has 0 amide bonds. The van der Waals surface area contributed by atoms with E-state index >= 15 is 0 Å². The van der Waals surface area contributed by atoms with Gasteiger partial charge in [-0.05, 0) is 26.8 Å². The second kappa shape index (κ2) is 4.78. The number of hydrogen-bond donors (Lipinski definition) is 0. The molecule has 0 N–H and O–H groups in total. The first-order valence-electron chi connectivity index (χ1n) is 3.88. The topological polar surface area (TPSA) is 20.3 Å². The summed E-state index contributed by atoms with van der Waals surface area (Å²) in [6.45, 7) is 6.41. The molecule has 0 aliphatic heterocycles. The van der Waals surface area contributed by atoms with Gasteiger partial charge < -0.3 is 0 Å². The van der Waals surface area contributed by atoms with Crippen LogP contribution in [0.25, 0.3) is 0 Å². The van der Waals surface area contributed by atoms with E-state index in [-0.39, 0.29) is 5.54 Å². The first-order chi connectivity index (χ1) is 5.10. The van der Waals surface area contributed by atoms with Crippen LogP contribution in [0.1, 0.15) is 33.6 Å². The van der Waals surface area contributed by atoms with E-state index in [4.69, 9.17) is 0 Å². The lowest BCUT2D eigenvalue weighted by Gasteiger charge is -2.34. The predicted octanol–water partition coefficient (Wildman–Crippen LogP) is 2.21. The minimum Gasteiger partial charge on any atom is -0.276 e. The molecule has 0 rings (SSSR count). The van der Waals surface area contributed by atoms with Gasteiger partial charge in [0.1, 0.15) is 0 Å². The van der Waals surface area contributed by atoms with Crippen LogP contribution >= 0.6 is 11.9 Å². The minimum absolute atomic E-state index is 0.127. The summed E-state index contributed by atoms with van der Waals surface area (Å²) in [5, 5.41) is 0. The second-order valence-electron chi connectivity index (χ2n) is 2.88. The van der Waals surface area contributed by atoms with Crippen molar-refractivity contribution in [2.45, 2.75) is 39.2 Å². The van der Waals surface area contributed by atoms with Crippen molar-refractivity contribution in [3.63, 3.8) is 0 Å². The summed E-state index contributed by atoms with van der Waals surface area (Å²) in [4.78, 5) is 10.1. The van der Waals surface area contributed by atoms with Crippen molar-refractivity contribution in [1.29, 1.82) is 0 Å². The highest BCUT2D eigenvalue weighted by molar-refractivity contribution is 8.09. The number of hydrogen-bond acceptors (Lipinski definition) is 3. The normalized spacial score (nSPS) is 12.1. The molecule has 0 unspecified atom stereocenters. The monoisotopic (exact) mass is 174 g/mol. The number of rotatable bonds is 5. The maximum absolute atomic E-state index is 10.1. The zero-order chi connectivity index (χ0) is 8.91. The van der Waals surface area contributed by atoms with Gasteiger partial charge in [0, 0.05) is 17.5 Å². The van der Waals surface area contributed by atoms with Crippen LogP contribution in [0.3, 0.4) is 0 Å². The van der Waals surface area contributed by atoms with Crippen LogP contribution in [0.4, 0.5) is 0 Å². The van der Waals surface area contributed by atoms with Crippen molar-refractivity contribution in [3.05, 3.63) is 0 Å². The van der Waals surface area contributed by atoms with Crippen molar-refractivity contribution >= 4 is 17.6 Å². The van der Waals surface area contributed by atoms with E-state index in [1.807, 2.05) is 17.0 Å². The number of carbonyl (C=O) groups excluding carboxylic acids is 1. The zero-order valence-corrected chi connectivity index (χ0v) is 8.49. The molecule has 1 radical (unpaired) electrons. The molecule has 0 aromatic carbocycles. The van der Waals surface area contributed by atoms with Crippen LogP contribution in [0, 0.1) is 0 Å². The van der Waals surface area contributed by atoms with Gasteiger partial charge in [0.25, 0.3) is 5.62 Å². The van der Waals surface area contributed by atoms with Gasteiger partial charge in [0.2, 0.25) is 0 Å². The van der Waals surface area contributed by atoms with Gasteiger partial charge in [-0.3, -0.25) is 4.79 Å². The summed E-state index contributed by atoms with van der Waals surface area (Å²) in [5.74, 6) is 0. The van der Waals surface area contributed by atoms with Crippen molar-refractivity contribution in [1.82, 2.24) is 4.31 Å². The molecule has 0 fully saturated rings. The Morgan fingerprint density at radius 1 is 1.45 bits per heavy atom. The van der Waals surface area contributed by atoms with E-state index in [0.717, 1.165) is 24.8 Å². The highest BCUT2D eigenvalue weighted by atomic mass is 32.2. The van der Waals surface area contributed by atoms with Crippen molar-refractivity contribution in [3.8, 4) is 0 Å². The fourth-order valence-electron chi connectivity index (χ4n) is 0.861. The molecule has 0 bridgehead atoms. The summed E-state index contributed by atoms with van der Waals surface area (Å²) in [6, 6.07) is 0. The fourth-order valence-corrected chi connectivity index (χ4v) is 1.45. The smallest absolute Gasteiger partial charge is 0.276 e. The van der Waals surface area contributed by atoms with Crippen molar-refractivity contribution < 1.29 is 4.79 Å². The van der Waals surface area contributed by atoms with Crippen LogP contribution in [-0.2, 0) is 4.79 Å². The van der Waals surface area contributed by atoms with E-state index in [2.05, 4.69) is 20.8 Å². The molecule has 0 heterocycles. The standard InChI is InChI=1S/C8H16NOS/c1-5-8(3,6-2)9(4)11-7-10/h5-6H2,1-4H3. The Hall–Kier alpha value is -0.0200. The third-order valence-corrected chi connectivity index (χ3v) is 3.25. The molecule has 0 aromatic rings. The molecule has 0 aliphatic rings. The molecular formula is C8H16NOS. The molecule has 0 saturated carbocycles. The van der Waals surface area contributed by atoms with Gasteiger partial charge in [-0.1, -0.05) is 13.8 Å². The minimum atomic E-state index is 0.127. The average Bonchev–Trinajstić information content (AvgIpc) is 2.03. The molecule has 0 aromatic heterocycles. The Labute approximate surface area is 73.5 Å². The van der Waals surface area contributed by atoms with Gasteiger partial charge in [-0.25, -0.2) is 4.31 Å². The lowest BCUT2D eigenvalue weighted by Crippen LogP contribution is -2.38. The molecule has 2 nitrogen and oxygen atoms in total. The Kier molecular flexibility index (Phi) is 4.77. The van der Waals surface area contributed by atoms with Crippen LogP contribution in [0.5, 0.6) is 0 Å². The fraction of sp³-hybridized carbons (Fsp3) is 0.875. The van der Waals surface area contributed by atoms with E-state index in [9.17, 15) is 4.79 Å². The van der Waals surface area contributed by atoms with Crippen LogP contribution in [0.15, 0.2) is 0 Å². The molecule has 11 heavy (non-hydrogen) atoms. The molecule has 0 aliphatic carbocycles. The van der Waals surface area contributed by atoms with E-state index in [1.165, 1.54) is 0 Å². The van der Waals surface area contributed by atoms with Gasteiger partial charge in [0.05, 0.1) is 0 Å². The third kappa shape index (κ3) is 2.83. The highest BCUT2D eigenvalue weighted by Crippen LogP contribution is 2.26. The van der Waals surface area contributed by atoms with Crippen molar-refractivity contribution in [2.75, 3.05) is 7.05 Å². The SMILES string of the molecule is CCC(C)(CC)N(C)S[C]=O. The Morgan fingerprint density at radius 3 is 2.18 bits per heavy atom. The number of nitrogens with zero attached hydrogens (tertiary/aromatic N) is 1. The molecular weight excluding hydrogens is 158 g/mol. The van der Waals surface area contributed by atoms with Gasteiger partial charge in [-0.15, -0.1) is 0 Å². The molecule has 0 saturated heterocycles. The largest absolute Gasteiger partial charge is 0.282 e. The molecule has 65 valence electrons. The summed E-state index contributed by atoms with van der Waals surface area (Å²) in [5.41, 5.74) is 1.96. The molecule has 3 heteroatoms. The highest BCUT2D eigenvalue weighted by Gasteiger charge is 2.25. The average molecular weight is 174 g/mol.